The van der Waals surface area contributed by atoms with E-state index in [1.54, 1.807) is 18.2 Å². The van der Waals surface area contributed by atoms with Crippen molar-refractivity contribution in [3.8, 4) is 0 Å². The summed E-state index contributed by atoms with van der Waals surface area (Å²) in [6.45, 7) is 7.70. The molecule has 1 atom stereocenters. The van der Waals surface area contributed by atoms with Gasteiger partial charge in [0.1, 0.15) is 6.04 Å². The molecule has 0 unspecified atom stereocenters. The second kappa shape index (κ2) is 8.69. The third-order valence-corrected chi connectivity index (χ3v) is 4.31. The lowest BCUT2D eigenvalue weighted by Gasteiger charge is -2.20. The minimum atomic E-state index is -1.11. The summed E-state index contributed by atoms with van der Waals surface area (Å²) in [7, 11) is 0. The van der Waals surface area contributed by atoms with Crippen LogP contribution in [-0.2, 0) is 21.4 Å². The van der Waals surface area contributed by atoms with Gasteiger partial charge in [0, 0.05) is 24.6 Å². The SMILES string of the molecule is CC(=O)Nc1cccc(C(=O)N[C@H](Cc2ccc(C(C)(C)C)cc2)C(=O)O)c1. The molecular formula is C22H26N2O4. The Balaban J connectivity index is 2.11. The Morgan fingerprint density at radius 3 is 2.21 bits per heavy atom. The maximum absolute atomic E-state index is 12.5. The number of aliphatic carboxylic acids is 1. The van der Waals surface area contributed by atoms with E-state index in [2.05, 4.69) is 31.4 Å². The molecule has 0 bridgehead atoms. The van der Waals surface area contributed by atoms with E-state index in [0.29, 0.717) is 5.69 Å². The van der Waals surface area contributed by atoms with Gasteiger partial charge in [-0.3, -0.25) is 9.59 Å². The molecule has 28 heavy (non-hydrogen) atoms. The van der Waals surface area contributed by atoms with Crippen molar-refractivity contribution in [2.45, 2.75) is 45.6 Å². The van der Waals surface area contributed by atoms with Crippen LogP contribution in [0.5, 0.6) is 0 Å². The fraction of sp³-hybridized carbons (Fsp3) is 0.318. The van der Waals surface area contributed by atoms with E-state index in [0.717, 1.165) is 11.1 Å². The zero-order valence-electron chi connectivity index (χ0n) is 16.6. The number of carbonyl (C=O) groups is 3. The highest BCUT2D eigenvalue weighted by Gasteiger charge is 2.22. The number of carbonyl (C=O) groups excluding carboxylic acids is 2. The molecule has 0 aliphatic rings. The number of carboxylic acid groups (broad SMARTS) is 1. The molecule has 0 aliphatic heterocycles. The highest BCUT2D eigenvalue weighted by Crippen LogP contribution is 2.22. The van der Waals surface area contributed by atoms with Crippen molar-refractivity contribution in [2.24, 2.45) is 0 Å². The Morgan fingerprint density at radius 2 is 1.68 bits per heavy atom. The minimum absolute atomic E-state index is 0.0118. The van der Waals surface area contributed by atoms with Gasteiger partial charge in [0.25, 0.3) is 5.91 Å². The molecule has 0 aromatic heterocycles. The van der Waals surface area contributed by atoms with Crippen molar-refractivity contribution in [1.29, 1.82) is 0 Å². The van der Waals surface area contributed by atoms with Gasteiger partial charge in [-0.15, -0.1) is 0 Å². The van der Waals surface area contributed by atoms with Crippen LogP contribution in [0.2, 0.25) is 0 Å². The van der Waals surface area contributed by atoms with E-state index in [4.69, 9.17) is 0 Å². The van der Waals surface area contributed by atoms with Gasteiger partial charge in [0.15, 0.2) is 0 Å². The van der Waals surface area contributed by atoms with Crippen LogP contribution in [0.1, 0.15) is 49.2 Å². The largest absolute Gasteiger partial charge is 0.480 e. The van der Waals surface area contributed by atoms with Gasteiger partial charge in [-0.2, -0.15) is 0 Å². The Kier molecular flexibility index (Phi) is 6.57. The maximum atomic E-state index is 12.5. The summed E-state index contributed by atoms with van der Waals surface area (Å²) < 4.78 is 0. The molecule has 2 amide bonds. The van der Waals surface area contributed by atoms with Gasteiger partial charge < -0.3 is 15.7 Å². The van der Waals surface area contributed by atoms with Crippen molar-refractivity contribution in [2.75, 3.05) is 5.32 Å². The van der Waals surface area contributed by atoms with Crippen molar-refractivity contribution in [1.82, 2.24) is 5.32 Å². The first-order valence-corrected chi connectivity index (χ1v) is 9.07. The molecular weight excluding hydrogens is 356 g/mol. The zero-order chi connectivity index (χ0) is 20.9. The minimum Gasteiger partial charge on any atom is -0.480 e. The molecule has 0 fully saturated rings. The molecule has 0 spiro atoms. The molecule has 0 saturated carbocycles. The van der Waals surface area contributed by atoms with Crippen LogP contribution in [0.25, 0.3) is 0 Å². The highest BCUT2D eigenvalue weighted by atomic mass is 16.4. The normalized spacial score (nSPS) is 12.1. The predicted octanol–water partition coefficient (Wildman–Crippen LogP) is 3.37. The van der Waals surface area contributed by atoms with Crippen molar-refractivity contribution in [3.05, 3.63) is 65.2 Å². The molecule has 0 radical (unpaired) electrons. The lowest BCUT2D eigenvalue weighted by molar-refractivity contribution is -0.139. The van der Waals surface area contributed by atoms with Crippen LogP contribution in [0.15, 0.2) is 48.5 Å². The monoisotopic (exact) mass is 382 g/mol. The second-order valence-electron chi connectivity index (χ2n) is 7.78. The van der Waals surface area contributed by atoms with Crippen LogP contribution in [0.3, 0.4) is 0 Å². The van der Waals surface area contributed by atoms with Crippen LogP contribution in [-0.4, -0.2) is 28.9 Å². The van der Waals surface area contributed by atoms with E-state index < -0.39 is 17.9 Å². The number of hydrogen-bond donors (Lipinski definition) is 3. The quantitative estimate of drug-likeness (QED) is 0.714. The van der Waals surface area contributed by atoms with Crippen molar-refractivity contribution in [3.63, 3.8) is 0 Å². The lowest BCUT2D eigenvalue weighted by Crippen LogP contribution is -2.42. The number of nitrogens with one attached hydrogen (secondary N) is 2. The van der Waals surface area contributed by atoms with Gasteiger partial charge in [-0.05, 0) is 34.7 Å². The van der Waals surface area contributed by atoms with E-state index in [9.17, 15) is 19.5 Å². The predicted molar refractivity (Wildman–Crippen MR) is 108 cm³/mol. The van der Waals surface area contributed by atoms with Crippen LogP contribution < -0.4 is 10.6 Å². The van der Waals surface area contributed by atoms with Gasteiger partial charge in [0.2, 0.25) is 5.91 Å². The Labute approximate surface area is 165 Å². The topological polar surface area (TPSA) is 95.5 Å². The first-order chi connectivity index (χ1) is 13.1. The summed E-state index contributed by atoms with van der Waals surface area (Å²) in [6.07, 6.45) is 0.177. The molecule has 2 aromatic rings. The zero-order valence-corrected chi connectivity index (χ0v) is 16.6. The fourth-order valence-electron chi connectivity index (χ4n) is 2.76. The highest BCUT2D eigenvalue weighted by molar-refractivity contribution is 5.98. The van der Waals surface area contributed by atoms with Crippen molar-refractivity contribution >= 4 is 23.5 Å². The molecule has 6 nitrogen and oxygen atoms in total. The molecule has 148 valence electrons. The number of carboxylic acids is 1. The smallest absolute Gasteiger partial charge is 0.326 e. The molecule has 0 heterocycles. The number of amides is 2. The van der Waals surface area contributed by atoms with E-state index in [-0.39, 0.29) is 23.3 Å². The fourth-order valence-corrected chi connectivity index (χ4v) is 2.76. The molecule has 6 heteroatoms. The Morgan fingerprint density at radius 1 is 1.04 bits per heavy atom. The summed E-state index contributed by atoms with van der Waals surface area (Å²) in [6, 6.07) is 13.0. The van der Waals surface area contributed by atoms with Crippen LogP contribution in [0.4, 0.5) is 5.69 Å². The third-order valence-electron chi connectivity index (χ3n) is 4.31. The first-order valence-electron chi connectivity index (χ1n) is 9.07. The van der Waals surface area contributed by atoms with E-state index in [1.165, 1.54) is 13.0 Å². The average Bonchev–Trinajstić information content (AvgIpc) is 2.60. The van der Waals surface area contributed by atoms with Gasteiger partial charge in [0.05, 0.1) is 0 Å². The average molecular weight is 382 g/mol. The van der Waals surface area contributed by atoms with Crippen LogP contribution in [0, 0.1) is 0 Å². The summed E-state index contributed by atoms with van der Waals surface area (Å²) in [5.41, 5.74) is 2.75. The lowest BCUT2D eigenvalue weighted by atomic mass is 9.86. The first kappa shape index (κ1) is 21.2. The van der Waals surface area contributed by atoms with Gasteiger partial charge >= 0.3 is 5.97 Å². The van der Waals surface area contributed by atoms with Crippen LogP contribution >= 0.6 is 0 Å². The Hall–Kier alpha value is -3.15. The van der Waals surface area contributed by atoms with Gasteiger partial charge in [-0.25, -0.2) is 4.79 Å². The third kappa shape index (κ3) is 5.94. The molecule has 3 N–H and O–H groups in total. The Bertz CT molecular complexity index is 867. The van der Waals surface area contributed by atoms with Gasteiger partial charge in [-0.1, -0.05) is 51.1 Å². The van der Waals surface area contributed by atoms with E-state index >= 15 is 0 Å². The summed E-state index contributed by atoms with van der Waals surface area (Å²) in [5, 5.41) is 14.7. The number of hydrogen-bond acceptors (Lipinski definition) is 3. The maximum Gasteiger partial charge on any atom is 0.326 e. The van der Waals surface area contributed by atoms with E-state index in [1.807, 2.05) is 24.3 Å². The molecule has 0 aliphatic carbocycles. The standard InChI is InChI=1S/C22H26N2O4/c1-14(25)23-18-7-5-6-16(13-18)20(26)24-19(21(27)28)12-15-8-10-17(11-9-15)22(2,3)4/h5-11,13,19H,12H2,1-4H3,(H,23,25)(H,24,26)(H,27,28)/t19-/m1/s1. The second-order valence-corrected chi connectivity index (χ2v) is 7.78. The molecule has 0 saturated heterocycles. The molecule has 2 aromatic carbocycles. The summed E-state index contributed by atoms with van der Waals surface area (Å²) in [4.78, 5) is 35.3. The van der Waals surface area contributed by atoms with Crippen molar-refractivity contribution < 1.29 is 19.5 Å². The number of benzene rings is 2. The summed E-state index contributed by atoms with van der Waals surface area (Å²) in [5.74, 6) is -1.86. The molecule has 2 rings (SSSR count). The summed E-state index contributed by atoms with van der Waals surface area (Å²) >= 11 is 0. The number of anilines is 1. The number of rotatable bonds is 6.